The summed E-state index contributed by atoms with van der Waals surface area (Å²) < 4.78 is 39.3. The van der Waals surface area contributed by atoms with Crippen molar-refractivity contribution in [3.05, 3.63) is 53.6 Å². The number of allylic oxidation sites excluding steroid dienone is 1. The van der Waals surface area contributed by atoms with Gasteiger partial charge in [0.2, 0.25) is 10.0 Å². The molecule has 0 saturated heterocycles. The van der Waals surface area contributed by atoms with Crippen LogP contribution in [0.2, 0.25) is 0 Å². The number of benzene rings is 1. The number of sulfonamides is 1. The van der Waals surface area contributed by atoms with E-state index in [4.69, 9.17) is 5.11 Å². The molecular formula is C17H23FN4O4S. The number of nitrogens with zero attached hydrogens (tertiary/aromatic N) is 2. The van der Waals surface area contributed by atoms with Gasteiger partial charge in [-0.1, -0.05) is 12.1 Å². The number of anilines is 1. The van der Waals surface area contributed by atoms with E-state index >= 15 is 0 Å². The monoisotopic (exact) mass is 398 g/mol. The van der Waals surface area contributed by atoms with Crippen molar-refractivity contribution in [2.24, 2.45) is 0 Å². The van der Waals surface area contributed by atoms with Crippen LogP contribution in [0.5, 0.6) is 0 Å². The summed E-state index contributed by atoms with van der Waals surface area (Å²) in [7, 11) is -2.18. The van der Waals surface area contributed by atoms with E-state index in [0.717, 1.165) is 16.6 Å². The van der Waals surface area contributed by atoms with Crippen LogP contribution in [0.3, 0.4) is 0 Å². The van der Waals surface area contributed by atoms with Crippen molar-refractivity contribution in [3.63, 3.8) is 0 Å². The van der Waals surface area contributed by atoms with Gasteiger partial charge in [-0.3, -0.25) is 9.21 Å². The summed E-state index contributed by atoms with van der Waals surface area (Å²) in [6.07, 6.45) is 4.89. The Kier molecular flexibility index (Phi) is 6.45. The van der Waals surface area contributed by atoms with E-state index in [2.05, 4.69) is 10.6 Å². The van der Waals surface area contributed by atoms with Crippen LogP contribution in [0, 0.1) is 5.82 Å². The largest absolute Gasteiger partial charge is 0.392 e. The van der Waals surface area contributed by atoms with Gasteiger partial charge in [0, 0.05) is 25.4 Å². The highest BCUT2D eigenvalue weighted by molar-refractivity contribution is 7.92. The van der Waals surface area contributed by atoms with Gasteiger partial charge in [-0.2, -0.15) is 0 Å². The second kappa shape index (κ2) is 8.40. The lowest BCUT2D eigenvalue weighted by Gasteiger charge is -2.29. The number of halogens is 1. The van der Waals surface area contributed by atoms with Crippen LogP contribution in [-0.2, 0) is 10.0 Å². The minimum absolute atomic E-state index is 0.104. The number of hydrogen-bond acceptors (Lipinski definition) is 5. The molecular weight excluding hydrogens is 375 g/mol. The summed E-state index contributed by atoms with van der Waals surface area (Å²) in [4.78, 5) is 13.6. The van der Waals surface area contributed by atoms with Gasteiger partial charge in [0.05, 0.1) is 24.2 Å². The second-order valence-electron chi connectivity index (χ2n) is 5.81. The van der Waals surface area contributed by atoms with Gasteiger partial charge in [-0.25, -0.2) is 17.6 Å². The van der Waals surface area contributed by atoms with Gasteiger partial charge in [0.25, 0.3) is 0 Å². The van der Waals surface area contributed by atoms with E-state index in [-0.39, 0.29) is 18.8 Å². The summed E-state index contributed by atoms with van der Waals surface area (Å²) in [6.45, 7) is 1.57. The lowest BCUT2D eigenvalue weighted by atomic mass is 10.1. The first kappa shape index (κ1) is 20.7. The molecule has 0 saturated carbocycles. The predicted octanol–water partition coefficient (Wildman–Crippen LogP) is 1.24. The molecule has 148 valence electrons. The standard InChI is InChI=1S/C17H23FN4O4S/c1-4-22(27(3,25)26)15-10-12(18)7-8-14(15)16-20-13(6-5-9-23)11-21(16)17(24)19-2/h5-8,10-11,16,20,23H,4,9H2,1-3H3,(H,19,24)/b6-5-. The van der Waals surface area contributed by atoms with Crippen LogP contribution in [0.4, 0.5) is 14.9 Å². The molecule has 0 radical (unpaired) electrons. The van der Waals surface area contributed by atoms with Crippen molar-refractivity contribution < 1.29 is 22.7 Å². The Bertz CT molecular complexity index is 870. The van der Waals surface area contributed by atoms with Crippen molar-refractivity contribution in [1.82, 2.24) is 15.5 Å². The number of aliphatic hydroxyl groups is 1. The van der Waals surface area contributed by atoms with Gasteiger partial charge in [-0.05, 0) is 25.1 Å². The first-order valence-electron chi connectivity index (χ1n) is 8.25. The van der Waals surface area contributed by atoms with Crippen LogP contribution < -0.4 is 14.9 Å². The Balaban J connectivity index is 2.56. The maximum absolute atomic E-state index is 13.9. The van der Waals surface area contributed by atoms with Crippen LogP contribution in [0.1, 0.15) is 18.7 Å². The van der Waals surface area contributed by atoms with Gasteiger partial charge in [0.1, 0.15) is 12.0 Å². The number of aliphatic hydroxyl groups excluding tert-OH is 1. The van der Waals surface area contributed by atoms with Crippen molar-refractivity contribution in [3.8, 4) is 0 Å². The summed E-state index contributed by atoms with van der Waals surface area (Å²) in [5.41, 5.74) is 1.10. The Hall–Kier alpha value is -2.59. The molecule has 1 aromatic rings. The maximum Gasteiger partial charge on any atom is 0.323 e. The average Bonchev–Trinajstić information content (AvgIpc) is 3.02. The third kappa shape index (κ3) is 4.58. The molecule has 0 fully saturated rings. The van der Waals surface area contributed by atoms with E-state index in [1.54, 1.807) is 13.0 Å². The molecule has 1 atom stereocenters. The van der Waals surface area contributed by atoms with E-state index in [1.165, 1.54) is 36.4 Å². The molecule has 2 amide bonds. The molecule has 0 spiro atoms. The van der Waals surface area contributed by atoms with E-state index < -0.39 is 28.0 Å². The summed E-state index contributed by atoms with van der Waals surface area (Å²) in [6, 6.07) is 3.35. The highest BCUT2D eigenvalue weighted by Gasteiger charge is 2.33. The topological polar surface area (TPSA) is 102 Å². The van der Waals surface area contributed by atoms with Crippen LogP contribution in [0.25, 0.3) is 0 Å². The minimum Gasteiger partial charge on any atom is -0.392 e. The molecule has 1 heterocycles. The quantitative estimate of drug-likeness (QED) is 0.669. The lowest BCUT2D eigenvalue weighted by molar-refractivity contribution is 0.203. The van der Waals surface area contributed by atoms with Crippen LogP contribution in [-0.4, -0.2) is 50.9 Å². The number of hydrogen-bond donors (Lipinski definition) is 3. The Labute approximate surface area is 158 Å². The van der Waals surface area contributed by atoms with E-state index in [9.17, 15) is 17.6 Å². The first-order chi connectivity index (χ1) is 12.7. The summed E-state index contributed by atoms with van der Waals surface area (Å²) >= 11 is 0. The van der Waals surface area contributed by atoms with Gasteiger partial charge >= 0.3 is 6.03 Å². The number of carbonyl (C=O) groups excluding carboxylic acids is 1. The Morgan fingerprint density at radius 1 is 1.48 bits per heavy atom. The fourth-order valence-corrected chi connectivity index (χ4v) is 3.82. The van der Waals surface area contributed by atoms with Crippen molar-refractivity contribution in [2.45, 2.75) is 13.1 Å². The smallest absolute Gasteiger partial charge is 0.323 e. The molecule has 0 aliphatic carbocycles. The van der Waals surface area contributed by atoms with E-state index in [0.29, 0.717) is 11.3 Å². The molecule has 1 unspecified atom stereocenters. The van der Waals surface area contributed by atoms with Gasteiger partial charge in [0.15, 0.2) is 0 Å². The highest BCUT2D eigenvalue weighted by atomic mass is 32.2. The molecule has 0 bridgehead atoms. The number of amides is 2. The second-order valence-corrected chi connectivity index (χ2v) is 7.72. The molecule has 0 aromatic heterocycles. The Morgan fingerprint density at radius 2 is 2.19 bits per heavy atom. The normalized spacial score (nSPS) is 17.0. The van der Waals surface area contributed by atoms with Crippen molar-refractivity contribution in [2.75, 3.05) is 30.8 Å². The first-order valence-corrected chi connectivity index (χ1v) is 10.1. The molecule has 1 aliphatic heterocycles. The molecule has 27 heavy (non-hydrogen) atoms. The minimum atomic E-state index is -3.65. The number of nitrogens with one attached hydrogen (secondary N) is 2. The SMILES string of the molecule is CCN(c1cc(F)ccc1C1NC(/C=C\CO)=CN1C(=O)NC)S(C)(=O)=O. The van der Waals surface area contributed by atoms with Gasteiger partial charge < -0.3 is 15.7 Å². The third-order valence-electron chi connectivity index (χ3n) is 3.95. The molecule has 2 rings (SSSR count). The van der Waals surface area contributed by atoms with Crippen molar-refractivity contribution >= 4 is 21.7 Å². The Morgan fingerprint density at radius 3 is 2.74 bits per heavy atom. The van der Waals surface area contributed by atoms with Crippen LogP contribution in [0.15, 0.2) is 42.2 Å². The fraction of sp³-hybridized carbons (Fsp3) is 0.353. The summed E-state index contributed by atoms with van der Waals surface area (Å²) in [5, 5.41) is 14.5. The molecule has 1 aliphatic rings. The summed E-state index contributed by atoms with van der Waals surface area (Å²) in [5.74, 6) is -0.589. The molecule has 3 N–H and O–H groups in total. The third-order valence-corrected chi connectivity index (χ3v) is 5.21. The zero-order valence-corrected chi connectivity index (χ0v) is 16.1. The lowest BCUT2D eigenvalue weighted by Crippen LogP contribution is -2.39. The average molecular weight is 398 g/mol. The number of carbonyl (C=O) groups is 1. The van der Waals surface area contributed by atoms with Crippen LogP contribution >= 0.6 is 0 Å². The fourth-order valence-electron chi connectivity index (χ4n) is 2.84. The maximum atomic E-state index is 13.9. The molecule has 8 nitrogen and oxygen atoms in total. The number of urea groups is 1. The zero-order valence-electron chi connectivity index (χ0n) is 15.3. The zero-order chi connectivity index (χ0) is 20.2. The predicted molar refractivity (Wildman–Crippen MR) is 101 cm³/mol. The highest BCUT2D eigenvalue weighted by Crippen LogP contribution is 2.34. The molecule has 1 aromatic carbocycles. The van der Waals surface area contributed by atoms with E-state index in [1.807, 2.05) is 0 Å². The van der Waals surface area contributed by atoms with Gasteiger partial charge in [-0.15, -0.1) is 0 Å². The molecule has 10 heteroatoms. The number of rotatable bonds is 6. The van der Waals surface area contributed by atoms with Crippen molar-refractivity contribution in [1.29, 1.82) is 0 Å².